The van der Waals surface area contributed by atoms with Crippen molar-refractivity contribution in [3.8, 4) is 11.5 Å². The third-order valence-electron chi connectivity index (χ3n) is 5.15. The van der Waals surface area contributed by atoms with Gasteiger partial charge >= 0.3 is 0 Å². The van der Waals surface area contributed by atoms with E-state index in [9.17, 15) is 0 Å². The summed E-state index contributed by atoms with van der Waals surface area (Å²) in [6, 6.07) is 12.6. The van der Waals surface area contributed by atoms with E-state index >= 15 is 0 Å². The summed E-state index contributed by atoms with van der Waals surface area (Å²) in [4.78, 5) is 2.28. The molecule has 1 fully saturated rings. The highest BCUT2D eigenvalue weighted by Gasteiger charge is 2.29. The monoisotopic (exact) mass is 370 g/mol. The number of hydrogen-bond acceptors (Lipinski definition) is 3. The molecule has 138 valence electrons. The van der Waals surface area contributed by atoms with Gasteiger partial charge in [-0.25, -0.2) is 0 Å². The summed E-state index contributed by atoms with van der Waals surface area (Å²) in [5.41, 5.74) is 4.77. The van der Waals surface area contributed by atoms with Crippen LogP contribution in [-0.2, 0) is 0 Å². The number of rotatable bonds is 4. The minimum atomic E-state index is 0.250. The molecule has 0 spiro atoms. The molecule has 2 aromatic carbocycles. The second-order valence-corrected chi connectivity index (χ2v) is 7.03. The van der Waals surface area contributed by atoms with E-state index in [2.05, 4.69) is 54.4 Å². The van der Waals surface area contributed by atoms with Crippen LogP contribution in [0.25, 0.3) is 0 Å². The topological polar surface area (TPSA) is 33.7 Å². The Balaban J connectivity index is 1.81. The molecule has 5 heteroatoms. The van der Waals surface area contributed by atoms with E-state index in [4.69, 9.17) is 21.7 Å². The number of ether oxygens (including phenoxy) is 2. The molecule has 0 amide bonds. The van der Waals surface area contributed by atoms with Crippen LogP contribution in [0.3, 0.4) is 0 Å². The number of nitrogens with one attached hydrogen (secondary N) is 1. The molecule has 1 aliphatic heterocycles. The molecule has 1 N–H and O–H groups in total. The number of aryl methyl sites for hydroxylation is 1. The van der Waals surface area contributed by atoms with Gasteiger partial charge in [0.1, 0.15) is 0 Å². The Hall–Kier alpha value is -2.27. The van der Waals surface area contributed by atoms with Crippen molar-refractivity contribution in [1.82, 2.24) is 4.90 Å². The van der Waals surface area contributed by atoms with Crippen LogP contribution in [0.5, 0.6) is 11.5 Å². The van der Waals surface area contributed by atoms with Crippen LogP contribution in [0.4, 0.5) is 5.69 Å². The lowest BCUT2D eigenvalue weighted by molar-refractivity contribution is 0.351. The zero-order valence-corrected chi connectivity index (χ0v) is 16.7. The average molecular weight is 371 g/mol. The Bertz CT molecular complexity index is 807. The maximum absolute atomic E-state index is 5.74. The third-order valence-corrected chi connectivity index (χ3v) is 5.49. The van der Waals surface area contributed by atoms with Crippen molar-refractivity contribution in [3.05, 3.63) is 53.1 Å². The highest BCUT2D eigenvalue weighted by Crippen LogP contribution is 2.37. The molecule has 0 saturated carbocycles. The van der Waals surface area contributed by atoms with E-state index in [1.54, 1.807) is 14.2 Å². The molecule has 0 radical (unpaired) electrons. The van der Waals surface area contributed by atoms with Crippen LogP contribution in [0, 0.1) is 13.8 Å². The molecule has 1 saturated heterocycles. The predicted octanol–water partition coefficient (Wildman–Crippen LogP) is 4.85. The Morgan fingerprint density at radius 3 is 2.62 bits per heavy atom. The highest BCUT2D eigenvalue weighted by atomic mass is 32.1. The molecule has 4 nitrogen and oxygen atoms in total. The van der Waals surface area contributed by atoms with Crippen molar-refractivity contribution in [1.29, 1.82) is 0 Å². The minimum absolute atomic E-state index is 0.250. The average Bonchev–Trinajstić information content (AvgIpc) is 3.14. The van der Waals surface area contributed by atoms with E-state index in [0.717, 1.165) is 41.7 Å². The fraction of sp³-hybridized carbons (Fsp3) is 0.381. The molecular formula is C21H26N2O2S. The van der Waals surface area contributed by atoms with E-state index in [1.165, 1.54) is 16.7 Å². The van der Waals surface area contributed by atoms with Crippen LogP contribution in [0.2, 0.25) is 0 Å². The van der Waals surface area contributed by atoms with Gasteiger partial charge in [-0.1, -0.05) is 18.2 Å². The second kappa shape index (κ2) is 7.96. The summed E-state index contributed by atoms with van der Waals surface area (Å²) in [6.07, 6.45) is 2.19. The van der Waals surface area contributed by atoms with Crippen molar-refractivity contribution >= 4 is 23.0 Å². The summed E-state index contributed by atoms with van der Waals surface area (Å²) >= 11 is 5.74. The molecule has 0 bridgehead atoms. The molecule has 1 aliphatic rings. The lowest BCUT2D eigenvalue weighted by atomic mass is 10.0. The zero-order chi connectivity index (χ0) is 18.7. The van der Waals surface area contributed by atoms with Crippen LogP contribution < -0.4 is 14.8 Å². The Kier molecular flexibility index (Phi) is 5.67. The second-order valence-electron chi connectivity index (χ2n) is 6.64. The van der Waals surface area contributed by atoms with Crippen LogP contribution >= 0.6 is 12.2 Å². The van der Waals surface area contributed by atoms with Gasteiger partial charge in [-0.05, 0) is 73.8 Å². The number of anilines is 1. The maximum atomic E-state index is 5.74. The quantitative estimate of drug-likeness (QED) is 0.778. The first-order valence-electron chi connectivity index (χ1n) is 8.91. The smallest absolute Gasteiger partial charge is 0.173 e. The van der Waals surface area contributed by atoms with Crippen LogP contribution in [0.1, 0.15) is 35.6 Å². The van der Waals surface area contributed by atoms with Gasteiger partial charge in [0, 0.05) is 12.2 Å². The van der Waals surface area contributed by atoms with Gasteiger partial charge in [-0.3, -0.25) is 0 Å². The minimum Gasteiger partial charge on any atom is -0.493 e. The third kappa shape index (κ3) is 3.63. The molecular weight excluding hydrogens is 344 g/mol. The Labute approximate surface area is 161 Å². The Morgan fingerprint density at radius 1 is 1.12 bits per heavy atom. The molecule has 0 unspecified atom stereocenters. The van der Waals surface area contributed by atoms with Gasteiger partial charge in [0.05, 0.1) is 20.3 Å². The SMILES string of the molecule is COc1ccc([C@H]2CCCN2C(=S)Nc2cccc(C)c2C)cc1OC. The number of methoxy groups -OCH3 is 2. The fourth-order valence-corrected chi connectivity index (χ4v) is 3.82. The van der Waals surface area contributed by atoms with Crippen LogP contribution in [-0.4, -0.2) is 30.8 Å². The number of likely N-dealkylation sites (tertiary alicyclic amines) is 1. The molecule has 1 atom stereocenters. The van der Waals surface area contributed by atoms with Crippen LogP contribution in [0.15, 0.2) is 36.4 Å². The standard InChI is InChI=1S/C21H26N2O2S/c1-14-7-5-8-17(15(14)2)22-21(26)23-12-6-9-18(23)16-10-11-19(24-3)20(13-16)25-4/h5,7-8,10-11,13,18H,6,9,12H2,1-4H3,(H,22,26)/t18-/m1/s1. The molecule has 2 aromatic rings. The van der Waals surface area contributed by atoms with Gasteiger partial charge in [-0.15, -0.1) is 0 Å². The van der Waals surface area contributed by atoms with Crippen molar-refractivity contribution in [2.24, 2.45) is 0 Å². The molecule has 26 heavy (non-hydrogen) atoms. The van der Waals surface area contributed by atoms with Gasteiger partial charge in [-0.2, -0.15) is 0 Å². The molecule has 1 heterocycles. The van der Waals surface area contributed by atoms with Crippen molar-refractivity contribution < 1.29 is 9.47 Å². The highest BCUT2D eigenvalue weighted by molar-refractivity contribution is 7.80. The molecule has 3 rings (SSSR count). The first kappa shape index (κ1) is 18.5. The fourth-order valence-electron chi connectivity index (χ4n) is 3.49. The Morgan fingerprint density at radius 2 is 1.88 bits per heavy atom. The van der Waals surface area contributed by atoms with Crippen molar-refractivity contribution in [2.75, 3.05) is 26.1 Å². The number of hydrogen-bond donors (Lipinski definition) is 1. The van der Waals surface area contributed by atoms with Crippen molar-refractivity contribution in [3.63, 3.8) is 0 Å². The summed E-state index contributed by atoms with van der Waals surface area (Å²) < 4.78 is 10.8. The van der Waals surface area contributed by atoms with E-state index in [0.29, 0.717) is 0 Å². The predicted molar refractivity (Wildman–Crippen MR) is 110 cm³/mol. The normalized spacial score (nSPS) is 16.5. The van der Waals surface area contributed by atoms with Gasteiger partial charge in [0.15, 0.2) is 16.6 Å². The van der Waals surface area contributed by atoms with Gasteiger partial charge < -0.3 is 19.7 Å². The van der Waals surface area contributed by atoms with E-state index in [1.807, 2.05) is 6.07 Å². The van der Waals surface area contributed by atoms with Gasteiger partial charge in [0.2, 0.25) is 0 Å². The number of benzene rings is 2. The lowest BCUT2D eigenvalue weighted by Gasteiger charge is -2.29. The van der Waals surface area contributed by atoms with Gasteiger partial charge in [0.25, 0.3) is 0 Å². The molecule has 0 aliphatic carbocycles. The summed E-state index contributed by atoms with van der Waals surface area (Å²) in [7, 11) is 3.32. The molecule has 0 aromatic heterocycles. The summed E-state index contributed by atoms with van der Waals surface area (Å²) in [5, 5.41) is 4.22. The maximum Gasteiger partial charge on any atom is 0.173 e. The summed E-state index contributed by atoms with van der Waals surface area (Å²) in [6.45, 7) is 5.19. The number of thiocarbonyl (C=S) groups is 1. The first-order chi connectivity index (χ1) is 12.5. The van der Waals surface area contributed by atoms with E-state index in [-0.39, 0.29) is 6.04 Å². The first-order valence-corrected chi connectivity index (χ1v) is 9.31. The summed E-state index contributed by atoms with van der Waals surface area (Å²) in [5.74, 6) is 1.50. The van der Waals surface area contributed by atoms with E-state index < -0.39 is 0 Å². The number of nitrogens with zero attached hydrogens (tertiary/aromatic N) is 1. The van der Waals surface area contributed by atoms with Crippen molar-refractivity contribution in [2.45, 2.75) is 32.7 Å². The zero-order valence-electron chi connectivity index (χ0n) is 15.8. The lowest BCUT2D eigenvalue weighted by Crippen LogP contribution is -2.34. The largest absolute Gasteiger partial charge is 0.493 e.